The Kier molecular flexibility index (Phi) is 25.6. The zero-order chi connectivity index (χ0) is 61.7. The van der Waals surface area contributed by atoms with Crippen molar-refractivity contribution in [1.29, 1.82) is 0 Å². The van der Waals surface area contributed by atoms with Crippen LogP contribution < -0.4 is 30.7 Å². The van der Waals surface area contributed by atoms with E-state index in [-0.39, 0.29) is 37.4 Å². The summed E-state index contributed by atoms with van der Waals surface area (Å²) < 4.78 is 37.3. The van der Waals surface area contributed by atoms with E-state index in [9.17, 15) is 48.3 Å². The molecule has 5 N–H and O–H groups in total. The molecule has 2 fully saturated rings. The topological polar surface area (TPSA) is 306 Å². The fourth-order valence-electron chi connectivity index (χ4n) is 10.2. The van der Waals surface area contributed by atoms with Gasteiger partial charge in [0.2, 0.25) is 23.6 Å². The summed E-state index contributed by atoms with van der Waals surface area (Å²) in [4.78, 5) is 125. The van der Waals surface area contributed by atoms with Crippen LogP contribution in [-0.2, 0) is 52.5 Å². The summed E-state index contributed by atoms with van der Waals surface area (Å²) in [5.74, 6) is -3.08. The quantitative estimate of drug-likeness (QED) is 0.114. The number of pyridine rings is 1. The molecule has 2 saturated heterocycles. The number of aliphatic hydroxyl groups excluding tert-OH is 1. The molecule has 0 aliphatic carbocycles. The van der Waals surface area contributed by atoms with Crippen LogP contribution in [0.15, 0.2) is 48.6 Å². The Morgan fingerprint density at radius 3 is 1.57 bits per heavy atom. The van der Waals surface area contributed by atoms with E-state index in [1.54, 1.807) is 59.7 Å². The van der Waals surface area contributed by atoms with Crippen LogP contribution in [0.3, 0.4) is 0 Å². The molecule has 1 aromatic carbocycles. The van der Waals surface area contributed by atoms with Crippen LogP contribution in [0, 0.1) is 0 Å². The Balaban J connectivity index is 0.000000331. The van der Waals surface area contributed by atoms with Crippen LogP contribution in [0.1, 0.15) is 155 Å². The third-order valence-electron chi connectivity index (χ3n) is 14.3. The summed E-state index contributed by atoms with van der Waals surface area (Å²) in [5.41, 5.74) is -1.11. The molecule has 1 aromatic heterocycles. The largest absolute Gasteiger partial charge is 0.497 e. The van der Waals surface area contributed by atoms with Gasteiger partial charge in [-0.25, -0.2) is 29.0 Å². The standard InChI is InChI=1S/C36H48N4O10.C24H39N3O7/c1-36(2,3)50-35(45)39-25-14-12-10-8-7-9-11-13-15-26(33(43)47-5)38-31(41)29-19-23(21-40(29)32(25)42)49-30-20-28(34(44)48-6)37-27-18-22(46-4)16-17-24(27)30;1-24(2,3)34-23(32)26-17-12-10-8-6-5-7-9-11-13-18(22(31)33-4)25-20(29)19-14-16(28)15-27(19)21(17)30/h9,11,16-18,20,23,25-26,29H,7-8,10,12-15,19,21H2,1-6H3,(H,38,41)(H,39,45);7,9,16-19,28H,5-6,8,10-15H2,1-4H3,(H,25,29)(H,26,32)/t23-,25+,26+,29+;16-,17-,18-,19-/m10/s1. The van der Waals surface area contributed by atoms with Gasteiger partial charge < -0.3 is 69.3 Å². The Morgan fingerprint density at radius 2 is 1.10 bits per heavy atom. The number of nitrogens with one attached hydrogen (secondary N) is 4. The number of rotatable bonds is 8. The van der Waals surface area contributed by atoms with E-state index in [1.165, 1.54) is 44.3 Å². The van der Waals surface area contributed by atoms with E-state index in [0.717, 1.165) is 38.5 Å². The average Bonchev–Trinajstić information content (AvgIpc) is 4.09. The van der Waals surface area contributed by atoms with Crippen LogP contribution in [-0.4, -0.2) is 175 Å². The van der Waals surface area contributed by atoms with Gasteiger partial charge in [0.15, 0.2) is 5.69 Å². The summed E-state index contributed by atoms with van der Waals surface area (Å²) >= 11 is 0. The molecule has 24 heteroatoms. The number of nitrogens with zero attached hydrogens (tertiary/aromatic N) is 3. The van der Waals surface area contributed by atoms with E-state index < -0.39 is 113 Å². The molecule has 0 saturated carbocycles. The summed E-state index contributed by atoms with van der Waals surface area (Å²) in [6.07, 6.45) is 14.1. The maximum absolute atomic E-state index is 14.3. The first-order valence-electron chi connectivity index (χ1n) is 28.9. The summed E-state index contributed by atoms with van der Waals surface area (Å²) in [5, 5.41) is 21.7. The number of amides is 6. The minimum Gasteiger partial charge on any atom is -0.497 e. The predicted molar refractivity (Wildman–Crippen MR) is 307 cm³/mol. The number of aromatic nitrogens is 1. The highest BCUT2D eigenvalue weighted by atomic mass is 16.6. The number of aliphatic hydroxyl groups is 1. The van der Waals surface area contributed by atoms with Gasteiger partial charge in [-0.05, 0) is 118 Å². The molecule has 0 unspecified atom stereocenters. The minimum atomic E-state index is -1.06. The number of hydrogen-bond donors (Lipinski definition) is 5. The number of methoxy groups -OCH3 is 4. The molecule has 0 spiro atoms. The van der Waals surface area contributed by atoms with Crippen LogP contribution in [0.5, 0.6) is 11.5 Å². The van der Waals surface area contributed by atoms with Crippen molar-refractivity contribution >= 4 is 64.6 Å². The van der Waals surface area contributed by atoms with Crippen molar-refractivity contribution < 1.29 is 81.4 Å². The Hall–Kier alpha value is -7.50. The van der Waals surface area contributed by atoms with Gasteiger partial charge in [0, 0.05) is 36.9 Å². The first-order valence-corrected chi connectivity index (χ1v) is 28.9. The second-order valence-electron chi connectivity index (χ2n) is 23.2. The Bertz CT molecular complexity index is 2680. The first-order chi connectivity index (χ1) is 39.8. The van der Waals surface area contributed by atoms with Gasteiger partial charge in [-0.3, -0.25) is 19.2 Å². The van der Waals surface area contributed by atoms with Gasteiger partial charge >= 0.3 is 30.1 Å². The van der Waals surface area contributed by atoms with Crippen LogP contribution >= 0.6 is 0 Å². The van der Waals surface area contributed by atoms with Crippen LogP contribution in [0.2, 0.25) is 0 Å². The predicted octanol–water partition coefficient (Wildman–Crippen LogP) is 6.03. The van der Waals surface area contributed by atoms with E-state index >= 15 is 0 Å². The van der Waals surface area contributed by atoms with E-state index in [4.69, 9.17) is 33.2 Å². The molecule has 0 bridgehead atoms. The average molecular weight is 1180 g/mol. The lowest BCUT2D eigenvalue weighted by atomic mass is 10.0. The number of fused-ring (bicyclic) bond motifs is 3. The lowest BCUT2D eigenvalue weighted by molar-refractivity contribution is -0.147. The maximum atomic E-state index is 14.3. The second-order valence-corrected chi connectivity index (χ2v) is 23.2. The SMILES string of the molecule is COC(=O)[C@@H]1CCC=CCCCCC[C@H](NC(=O)OC(C)(C)C)C(=O)N2C[C@@H](O)C[C@H]2C(=O)N1.COC(=O)c1cc(O[C@@H]2C[C@H]3C(=O)N[C@H](C(=O)OC)CCC=CCCCCC[C@H](NC(=O)OC(C)(C)C)C(=O)N3C2)c2ccc(OC)cc2n1. The van der Waals surface area contributed by atoms with Crippen molar-refractivity contribution in [2.24, 2.45) is 0 Å². The molecular formula is C60H87N7O17. The van der Waals surface area contributed by atoms with Crippen molar-refractivity contribution in [2.75, 3.05) is 41.5 Å². The van der Waals surface area contributed by atoms with E-state index in [2.05, 4.69) is 26.3 Å². The first kappa shape index (κ1) is 67.3. The summed E-state index contributed by atoms with van der Waals surface area (Å²) in [6.45, 7) is 10.3. The van der Waals surface area contributed by atoms with Crippen LogP contribution in [0.25, 0.3) is 10.9 Å². The van der Waals surface area contributed by atoms with Crippen molar-refractivity contribution in [1.82, 2.24) is 36.1 Å². The van der Waals surface area contributed by atoms with Crippen molar-refractivity contribution in [3.63, 3.8) is 0 Å². The highest BCUT2D eigenvalue weighted by molar-refractivity contribution is 5.96. The summed E-state index contributed by atoms with van der Waals surface area (Å²) in [7, 11) is 5.26. The molecule has 6 amide bonds. The number of benzene rings is 1. The highest BCUT2D eigenvalue weighted by Crippen LogP contribution is 2.33. The molecule has 24 nitrogen and oxygen atoms in total. The third-order valence-corrected chi connectivity index (χ3v) is 14.3. The zero-order valence-electron chi connectivity index (χ0n) is 50.3. The monoisotopic (exact) mass is 1180 g/mol. The lowest BCUT2D eigenvalue weighted by Gasteiger charge is -2.30. The van der Waals surface area contributed by atoms with Crippen LogP contribution in [0.4, 0.5) is 9.59 Å². The molecule has 8 atom stereocenters. The van der Waals surface area contributed by atoms with Crippen molar-refractivity contribution in [3.05, 3.63) is 54.3 Å². The third kappa shape index (κ3) is 20.7. The number of esters is 3. The minimum absolute atomic E-state index is 0.00238. The fourth-order valence-corrected chi connectivity index (χ4v) is 10.2. The Morgan fingerprint density at radius 1 is 0.607 bits per heavy atom. The highest BCUT2D eigenvalue weighted by Gasteiger charge is 2.45. The van der Waals surface area contributed by atoms with Gasteiger partial charge in [0.25, 0.3) is 0 Å². The number of carbonyl (C=O) groups is 9. The number of alkyl carbamates (subject to hydrolysis) is 2. The fraction of sp³-hybridized carbons (Fsp3) is 0.633. The Labute approximate surface area is 491 Å². The van der Waals surface area contributed by atoms with Gasteiger partial charge in [-0.1, -0.05) is 50.0 Å². The molecule has 464 valence electrons. The zero-order valence-corrected chi connectivity index (χ0v) is 50.3. The number of ether oxygens (including phenoxy) is 7. The van der Waals surface area contributed by atoms with Gasteiger partial charge in [-0.2, -0.15) is 0 Å². The van der Waals surface area contributed by atoms with E-state index in [1.807, 2.05) is 24.3 Å². The molecule has 84 heavy (non-hydrogen) atoms. The van der Waals surface area contributed by atoms with Crippen molar-refractivity contribution in [3.8, 4) is 11.5 Å². The maximum Gasteiger partial charge on any atom is 0.408 e. The van der Waals surface area contributed by atoms with E-state index in [0.29, 0.717) is 68.0 Å². The summed E-state index contributed by atoms with van der Waals surface area (Å²) in [6, 6.07) is 0.871. The molecule has 4 aliphatic heterocycles. The molecule has 0 radical (unpaired) electrons. The normalized spacial score (nSPS) is 24.4. The van der Waals surface area contributed by atoms with Gasteiger partial charge in [-0.15, -0.1) is 0 Å². The molecule has 4 aliphatic rings. The number of carbonyl (C=O) groups excluding carboxylic acids is 9. The second kappa shape index (κ2) is 32.0. The molecular weight excluding hydrogens is 1090 g/mol. The number of hydrogen-bond acceptors (Lipinski definition) is 18. The smallest absolute Gasteiger partial charge is 0.408 e. The van der Waals surface area contributed by atoms with Gasteiger partial charge in [0.1, 0.15) is 65.1 Å². The number of allylic oxidation sites excluding steroid dienone is 4. The lowest BCUT2D eigenvalue weighted by Crippen LogP contribution is -2.55. The molecule has 2 aromatic rings. The van der Waals surface area contributed by atoms with Crippen molar-refractivity contribution in [2.45, 2.75) is 204 Å². The van der Waals surface area contributed by atoms with Gasteiger partial charge in [0.05, 0.1) is 46.6 Å². The molecule has 6 rings (SSSR count). The molecule has 5 heterocycles.